The van der Waals surface area contributed by atoms with Crippen LogP contribution in [0.25, 0.3) is 0 Å². The molecule has 0 saturated carbocycles. The molecule has 0 atom stereocenters. The van der Waals surface area contributed by atoms with Crippen molar-refractivity contribution in [2.24, 2.45) is 5.73 Å². The average Bonchev–Trinajstić information content (AvgIpc) is 2.28. The molecule has 3 heteroatoms. The zero-order valence-electron chi connectivity index (χ0n) is 11.4. The summed E-state index contributed by atoms with van der Waals surface area (Å²) in [6.45, 7) is 9.05. The van der Waals surface area contributed by atoms with Crippen molar-refractivity contribution in [3.8, 4) is 5.75 Å². The minimum atomic E-state index is 0.111. The van der Waals surface area contributed by atoms with E-state index < -0.39 is 0 Å². The Morgan fingerprint density at radius 2 is 1.88 bits per heavy atom. The fourth-order valence-corrected chi connectivity index (χ4v) is 1.85. The Labute approximate surface area is 105 Å². The molecule has 0 aliphatic heterocycles. The van der Waals surface area contributed by atoms with Crippen molar-refractivity contribution in [2.75, 3.05) is 20.2 Å². The lowest BCUT2D eigenvalue weighted by atomic mass is 10.0. The van der Waals surface area contributed by atoms with Crippen LogP contribution in [0.3, 0.4) is 0 Å². The molecule has 0 unspecified atom stereocenters. The highest BCUT2D eigenvalue weighted by Gasteiger charge is 2.21. The lowest BCUT2D eigenvalue weighted by Gasteiger charge is -2.35. The monoisotopic (exact) mass is 236 g/mol. The third-order valence-corrected chi connectivity index (χ3v) is 2.90. The highest BCUT2D eigenvalue weighted by molar-refractivity contribution is 5.33. The van der Waals surface area contributed by atoms with E-state index in [-0.39, 0.29) is 5.54 Å². The normalized spacial score (nSPS) is 11.9. The Kier molecular flexibility index (Phi) is 4.97. The standard InChI is InChI=1S/C14H24N2O/c1-14(2,3)16(10-9-15)11-12-7-5-6-8-13(12)17-4/h5-8H,9-11,15H2,1-4H3. The first-order chi connectivity index (χ1) is 7.99. The lowest BCUT2D eigenvalue weighted by molar-refractivity contribution is 0.131. The van der Waals surface area contributed by atoms with E-state index in [1.165, 1.54) is 5.56 Å². The van der Waals surface area contributed by atoms with Crippen LogP contribution in [0, 0.1) is 0 Å². The summed E-state index contributed by atoms with van der Waals surface area (Å²) in [5, 5.41) is 0. The molecule has 0 fully saturated rings. The molecule has 0 aliphatic carbocycles. The van der Waals surface area contributed by atoms with Crippen LogP contribution in [-0.4, -0.2) is 30.6 Å². The van der Waals surface area contributed by atoms with Gasteiger partial charge in [0.25, 0.3) is 0 Å². The van der Waals surface area contributed by atoms with Crippen molar-refractivity contribution in [3.05, 3.63) is 29.8 Å². The van der Waals surface area contributed by atoms with Crippen molar-refractivity contribution in [1.82, 2.24) is 4.90 Å². The Morgan fingerprint density at radius 1 is 1.24 bits per heavy atom. The number of hydrogen-bond acceptors (Lipinski definition) is 3. The number of para-hydroxylation sites is 1. The van der Waals surface area contributed by atoms with Gasteiger partial charge in [0.15, 0.2) is 0 Å². The number of benzene rings is 1. The molecule has 0 aromatic heterocycles. The van der Waals surface area contributed by atoms with Gasteiger partial charge in [0.05, 0.1) is 7.11 Å². The predicted octanol–water partition coefficient (Wildman–Crippen LogP) is 2.25. The molecule has 0 heterocycles. The number of hydrogen-bond donors (Lipinski definition) is 1. The van der Waals surface area contributed by atoms with Gasteiger partial charge in [-0.1, -0.05) is 18.2 Å². The van der Waals surface area contributed by atoms with Gasteiger partial charge in [-0.05, 0) is 26.8 Å². The second-order valence-electron chi connectivity index (χ2n) is 5.19. The number of nitrogens with zero attached hydrogens (tertiary/aromatic N) is 1. The molecule has 1 rings (SSSR count). The van der Waals surface area contributed by atoms with Gasteiger partial charge in [-0.15, -0.1) is 0 Å². The highest BCUT2D eigenvalue weighted by Crippen LogP contribution is 2.23. The van der Waals surface area contributed by atoms with Gasteiger partial charge in [-0.2, -0.15) is 0 Å². The van der Waals surface area contributed by atoms with Crippen molar-refractivity contribution >= 4 is 0 Å². The Bertz CT molecular complexity index is 344. The molecule has 0 saturated heterocycles. The van der Waals surface area contributed by atoms with E-state index in [2.05, 4.69) is 31.7 Å². The lowest BCUT2D eigenvalue weighted by Crippen LogP contribution is -2.43. The second kappa shape index (κ2) is 6.03. The quantitative estimate of drug-likeness (QED) is 0.852. The summed E-state index contributed by atoms with van der Waals surface area (Å²) < 4.78 is 5.38. The van der Waals surface area contributed by atoms with Crippen LogP contribution < -0.4 is 10.5 Å². The van der Waals surface area contributed by atoms with E-state index in [1.807, 2.05) is 18.2 Å². The molecule has 96 valence electrons. The predicted molar refractivity (Wildman–Crippen MR) is 72.2 cm³/mol. The molecule has 3 nitrogen and oxygen atoms in total. The topological polar surface area (TPSA) is 38.5 Å². The molecule has 0 amide bonds. The summed E-state index contributed by atoms with van der Waals surface area (Å²) in [4.78, 5) is 2.37. The van der Waals surface area contributed by atoms with E-state index in [0.29, 0.717) is 6.54 Å². The fraction of sp³-hybridized carbons (Fsp3) is 0.571. The summed E-state index contributed by atoms with van der Waals surface area (Å²) in [6, 6.07) is 8.14. The first kappa shape index (κ1) is 14.0. The van der Waals surface area contributed by atoms with Crippen LogP contribution in [0.4, 0.5) is 0 Å². The van der Waals surface area contributed by atoms with Crippen LogP contribution in [-0.2, 0) is 6.54 Å². The van der Waals surface area contributed by atoms with E-state index in [9.17, 15) is 0 Å². The number of ether oxygens (including phenoxy) is 1. The maximum absolute atomic E-state index is 5.68. The molecule has 17 heavy (non-hydrogen) atoms. The van der Waals surface area contributed by atoms with Gasteiger partial charge in [-0.3, -0.25) is 4.90 Å². The number of nitrogens with two attached hydrogens (primary N) is 1. The SMILES string of the molecule is COc1ccccc1CN(CCN)C(C)(C)C. The molecule has 1 aromatic carbocycles. The van der Waals surface area contributed by atoms with E-state index in [0.717, 1.165) is 18.8 Å². The van der Waals surface area contributed by atoms with Crippen LogP contribution in [0.2, 0.25) is 0 Å². The third-order valence-electron chi connectivity index (χ3n) is 2.90. The molecular formula is C14H24N2O. The largest absolute Gasteiger partial charge is 0.496 e. The van der Waals surface area contributed by atoms with E-state index in [1.54, 1.807) is 7.11 Å². The van der Waals surface area contributed by atoms with Gasteiger partial charge in [0.2, 0.25) is 0 Å². The van der Waals surface area contributed by atoms with Gasteiger partial charge in [-0.25, -0.2) is 0 Å². The van der Waals surface area contributed by atoms with E-state index >= 15 is 0 Å². The summed E-state index contributed by atoms with van der Waals surface area (Å²) in [7, 11) is 1.71. The fourth-order valence-electron chi connectivity index (χ4n) is 1.85. The minimum Gasteiger partial charge on any atom is -0.496 e. The summed E-state index contributed by atoms with van der Waals surface area (Å²) in [6.07, 6.45) is 0. The molecule has 1 aromatic rings. The zero-order chi connectivity index (χ0) is 12.9. The molecule has 0 spiro atoms. The van der Waals surface area contributed by atoms with Crippen LogP contribution in [0.5, 0.6) is 5.75 Å². The first-order valence-corrected chi connectivity index (χ1v) is 6.06. The number of methoxy groups -OCH3 is 1. The van der Waals surface area contributed by atoms with Crippen LogP contribution in [0.1, 0.15) is 26.3 Å². The average molecular weight is 236 g/mol. The molecule has 0 radical (unpaired) electrons. The Morgan fingerprint density at radius 3 is 2.41 bits per heavy atom. The maximum atomic E-state index is 5.68. The van der Waals surface area contributed by atoms with Crippen LogP contribution in [0.15, 0.2) is 24.3 Å². The number of rotatable bonds is 5. The van der Waals surface area contributed by atoms with Crippen molar-refractivity contribution < 1.29 is 4.74 Å². The summed E-state index contributed by atoms with van der Waals surface area (Å²) >= 11 is 0. The summed E-state index contributed by atoms with van der Waals surface area (Å²) in [5.74, 6) is 0.943. The van der Waals surface area contributed by atoms with Gasteiger partial charge >= 0.3 is 0 Å². The van der Waals surface area contributed by atoms with Crippen molar-refractivity contribution in [1.29, 1.82) is 0 Å². The third kappa shape index (κ3) is 4.02. The highest BCUT2D eigenvalue weighted by atomic mass is 16.5. The Balaban J connectivity index is 2.86. The zero-order valence-corrected chi connectivity index (χ0v) is 11.4. The van der Waals surface area contributed by atoms with Crippen molar-refractivity contribution in [2.45, 2.75) is 32.9 Å². The minimum absolute atomic E-state index is 0.111. The molecule has 0 bridgehead atoms. The van der Waals surface area contributed by atoms with Gasteiger partial charge in [0.1, 0.15) is 5.75 Å². The Hall–Kier alpha value is -1.06. The smallest absolute Gasteiger partial charge is 0.123 e. The van der Waals surface area contributed by atoms with Gasteiger partial charge < -0.3 is 10.5 Å². The second-order valence-corrected chi connectivity index (χ2v) is 5.19. The first-order valence-electron chi connectivity index (χ1n) is 6.06. The van der Waals surface area contributed by atoms with Crippen molar-refractivity contribution in [3.63, 3.8) is 0 Å². The van der Waals surface area contributed by atoms with Crippen LogP contribution >= 0.6 is 0 Å². The van der Waals surface area contributed by atoms with Gasteiger partial charge in [0, 0.05) is 30.7 Å². The maximum Gasteiger partial charge on any atom is 0.123 e. The molecule has 2 N–H and O–H groups in total. The van der Waals surface area contributed by atoms with E-state index in [4.69, 9.17) is 10.5 Å². The molecular weight excluding hydrogens is 212 g/mol. The molecule has 0 aliphatic rings. The summed E-state index contributed by atoms with van der Waals surface area (Å²) in [5.41, 5.74) is 7.00.